The molecule has 0 radical (unpaired) electrons. The lowest BCUT2D eigenvalue weighted by Crippen LogP contribution is -2.22. The van der Waals surface area contributed by atoms with E-state index in [1.165, 1.54) is 5.56 Å². The number of allylic oxidation sites excluding steroid dienone is 1. The fourth-order valence-electron chi connectivity index (χ4n) is 1.59. The van der Waals surface area contributed by atoms with Crippen molar-refractivity contribution in [3.8, 4) is 0 Å². The highest BCUT2D eigenvalue weighted by Gasteiger charge is 2.14. The van der Waals surface area contributed by atoms with Crippen molar-refractivity contribution in [2.24, 2.45) is 0 Å². The van der Waals surface area contributed by atoms with Crippen LogP contribution in [0.4, 0.5) is 0 Å². The maximum Gasteiger partial charge on any atom is 0.331 e. The highest BCUT2D eigenvalue weighted by Crippen LogP contribution is 2.16. The normalized spacial score (nSPS) is 12.4. The van der Waals surface area contributed by atoms with E-state index in [2.05, 4.69) is 19.1 Å². The second-order valence-electron chi connectivity index (χ2n) is 5.41. The van der Waals surface area contributed by atoms with Crippen LogP contribution in [0.1, 0.15) is 45.7 Å². The van der Waals surface area contributed by atoms with Gasteiger partial charge in [0.2, 0.25) is 0 Å². The van der Waals surface area contributed by atoms with Gasteiger partial charge >= 0.3 is 5.97 Å². The van der Waals surface area contributed by atoms with Gasteiger partial charge in [-0.05, 0) is 50.8 Å². The van der Waals surface area contributed by atoms with Crippen molar-refractivity contribution in [2.45, 2.75) is 46.6 Å². The van der Waals surface area contributed by atoms with Crippen LogP contribution in [0.2, 0.25) is 0 Å². The van der Waals surface area contributed by atoms with Crippen LogP contribution in [0.25, 0.3) is 5.57 Å². The summed E-state index contributed by atoms with van der Waals surface area (Å²) >= 11 is 0. The number of carbonyl (C=O) groups excluding carboxylic acids is 1. The van der Waals surface area contributed by atoms with Crippen molar-refractivity contribution in [3.63, 3.8) is 0 Å². The maximum absolute atomic E-state index is 11.7. The van der Waals surface area contributed by atoms with Gasteiger partial charge in [-0.3, -0.25) is 0 Å². The minimum atomic E-state index is -0.445. The Morgan fingerprint density at radius 3 is 2.22 bits per heavy atom. The van der Waals surface area contributed by atoms with Gasteiger partial charge < -0.3 is 4.74 Å². The van der Waals surface area contributed by atoms with Gasteiger partial charge in [0.1, 0.15) is 5.60 Å². The molecule has 98 valence electrons. The Morgan fingerprint density at radius 2 is 1.78 bits per heavy atom. The molecule has 1 rings (SSSR count). The summed E-state index contributed by atoms with van der Waals surface area (Å²) < 4.78 is 5.26. The van der Waals surface area contributed by atoms with Crippen LogP contribution in [0.5, 0.6) is 0 Å². The molecule has 0 heterocycles. The Balaban J connectivity index is 2.79. The summed E-state index contributed by atoms with van der Waals surface area (Å²) in [4.78, 5) is 11.7. The van der Waals surface area contributed by atoms with Crippen LogP contribution >= 0.6 is 0 Å². The molecule has 0 saturated carbocycles. The van der Waals surface area contributed by atoms with Gasteiger partial charge in [-0.15, -0.1) is 0 Å². The Bertz CT molecular complexity index is 433. The number of hydrogen-bond donors (Lipinski definition) is 0. The molecular weight excluding hydrogens is 224 g/mol. The van der Waals surface area contributed by atoms with E-state index < -0.39 is 5.60 Å². The number of benzene rings is 1. The van der Waals surface area contributed by atoms with Gasteiger partial charge in [0.05, 0.1) is 0 Å². The lowest BCUT2D eigenvalue weighted by molar-refractivity contribution is -0.148. The van der Waals surface area contributed by atoms with Gasteiger partial charge in [-0.2, -0.15) is 0 Å². The summed E-state index contributed by atoms with van der Waals surface area (Å²) in [5.41, 5.74) is 2.83. The van der Waals surface area contributed by atoms with E-state index in [9.17, 15) is 4.79 Å². The molecule has 2 nitrogen and oxygen atoms in total. The predicted molar refractivity (Wildman–Crippen MR) is 75.3 cm³/mol. The Labute approximate surface area is 110 Å². The minimum absolute atomic E-state index is 0.292. The van der Waals surface area contributed by atoms with Crippen molar-refractivity contribution < 1.29 is 9.53 Å². The highest BCUT2D eigenvalue weighted by molar-refractivity contribution is 5.91. The predicted octanol–water partition coefficient (Wildman–Crippen LogP) is 3.99. The maximum atomic E-state index is 11.7. The molecule has 2 heteroatoms. The number of carbonyl (C=O) groups is 1. The molecule has 0 aromatic heterocycles. The van der Waals surface area contributed by atoms with Crippen LogP contribution < -0.4 is 0 Å². The minimum Gasteiger partial charge on any atom is -0.457 e. The second kappa shape index (κ2) is 5.85. The van der Waals surface area contributed by atoms with Gasteiger partial charge in [0.15, 0.2) is 0 Å². The first-order valence-electron chi connectivity index (χ1n) is 6.32. The summed E-state index contributed by atoms with van der Waals surface area (Å²) in [6.45, 7) is 9.64. The lowest BCUT2D eigenvalue weighted by Gasteiger charge is -2.18. The zero-order chi connectivity index (χ0) is 13.8. The van der Waals surface area contributed by atoms with Crippen LogP contribution in [0, 0.1) is 0 Å². The number of ether oxygens (including phenoxy) is 1. The number of esters is 1. The number of rotatable bonds is 3. The molecule has 0 saturated heterocycles. The Hall–Kier alpha value is -1.57. The van der Waals surface area contributed by atoms with Gasteiger partial charge in [0, 0.05) is 6.08 Å². The molecule has 0 atom stereocenters. The van der Waals surface area contributed by atoms with Gasteiger partial charge in [-0.25, -0.2) is 4.79 Å². The summed E-state index contributed by atoms with van der Waals surface area (Å²) in [5, 5.41) is 0. The molecule has 0 fully saturated rings. The van der Waals surface area contributed by atoms with E-state index in [4.69, 9.17) is 4.74 Å². The third kappa shape index (κ3) is 4.74. The van der Waals surface area contributed by atoms with Gasteiger partial charge in [-0.1, -0.05) is 31.2 Å². The fourth-order valence-corrected chi connectivity index (χ4v) is 1.59. The third-order valence-electron chi connectivity index (χ3n) is 2.56. The lowest BCUT2D eigenvalue weighted by atomic mass is 10.0. The SMILES string of the molecule is CCc1ccc(/C(C)=C/C(=O)OC(C)(C)C)cc1. The molecule has 1 aromatic rings. The number of hydrogen-bond acceptors (Lipinski definition) is 2. The molecule has 0 aliphatic rings. The molecule has 0 aliphatic heterocycles. The topological polar surface area (TPSA) is 26.3 Å². The fraction of sp³-hybridized carbons (Fsp3) is 0.438. The summed E-state index contributed by atoms with van der Waals surface area (Å²) in [7, 11) is 0. The van der Waals surface area contributed by atoms with Crippen LogP contribution in [0.15, 0.2) is 30.3 Å². The first-order chi connectivity index (χ1) is 8.31. The standard InChI is InChI=1S/C16H22O2/c1-6-13-7-9-14(10-8-13)12(2)11-15(17)18-16(3,4)5/h7-11H,6H2,1-5H3/b12-11+. The van der Waals surface area contributed by atoms with Crippen molar-refractivity contribution in [3.05, 3.63) is 41.5 Å². The molecule has 0 amide bonds. The summed E-state index contributed by atoms with van der Waals surface area (Å²) in [6.07, 6.45) is 2.57. The van der Waals surface area contributed by atoms with Crippen LogP contribution in [-0.4, -0.2) is 11.6 Å². The van der Waals surface area contributed by atoms with E-state index in [0.717, 1.165) is 17.6 Å². The van der Waals surface area contributed by atoms with E-state index in [0.29, 0.717) is 0 Å². The molecule has 0 N–H and O–H groups in total. The van der Waals surface area contributed by atoms with Crippen LogP contribution in [-0.2, 0) is 16.0 Å². The second-order valence-corrected chi connectivity index (χ2v) is 5.41. The molecular formula is C16H22O2. The Morgan fingerprint density at radius 1 is 1.22 bits per heavy atom. The number of aryl methyl sites for hydroxylation is 1. The summed E-state index contributed by atoms with van der Waals surface area (Å²) in [6, 6.07) is 8.24. The smallest absolute Gasteiger partial charge is 0.331 e. The zero-order valence-corrected chi connectivity index (χ0v) is 11.9. The highest BCUT2D eigenvalue weighted by atomic mass is 16.6. The van der Waals surface area contributed by atoms with E-state index in [-0.39, 0.29) is 5.97 Å². The third-order valence-corrected chi connectivity index (χ3v) is 2.56. The first-order valence-corrected chi connectivity index (χ1v) is 6.32. The first kappa shape index (κ1) is 14.5. The van der Waals surface area contributed by atoms with E-state index in [1.54, 1.807) is 6.08 Å². The van der Waals surface area contributed by atoms with E-state index in [1.807, 2.05) is 39.8 Å². The molecule has 0 bridgehead atoms. The quantitative estimate of drug-likeness (QED) is 0.595. The monoisotopic (exact) mass is 246 g/mol. The van der Waals surface area contributed by atoms with Crippen molar-refractivity contribution >= 4 is 11.5 Å². The van der Waals surface area contributed by atoms with Crippen molar-refractivity contribution in [2.75, 3.05) is 0 Å². The largest absolute Gasteiger partial charge is 0.457 e. The van der Waals surface area contributed by atoms with E-state index >= 15 is 0 Å². The van der Waals surface area contributed by atoms with Gasteiger partial charge in [0.25, 0.3) is 0 Å². The summed E-state index contributed by atoms with van der Waals surface area (Å²) in [5.74, 6) is -0.292. The van der Waals surface area contributed by atoms with Crippen molar-refractivity contribution in [1.82, 2.24) is 0 Å². The average Bonchev–Trinajstić information content (AvgIpc) is 2.26. The molecule has 0 spiro atoms. The molecule has 18 heavy (non-hydrogen) atoms. The molecule has 0 unspecified atom stereocenters. The average molecular weight is 246 g/mol. The zero-order valence-electron chi connectivity index (χ0n) is 11.9. The molecule has 0 aliphatic carbocycles. The van der Waals surface area contributed by atoms with Crippen LogP contribution in [0.3, 0.4) is 0 Å². The van der Waals surface area contributed by atoms with Crippen molar-refractivity contribution in [1.29, 1.82) is 0 Å². The molecule has 1 aromatic carbocycles. The Kier molecular flexibility index (Phi) is 4.71.